The third kappa shape index (κ3) is 2.28. The van der Waals surface area contributed by atoms with E-state index in [1.807, 2.05) is 0 Å². The predicted molar refractivity (Wildman–Crippen MR) is 79.2 cm³/mol. The minimum absolute atomic E-state index is 0.0433. The van der Waals surface area contributed by atoms with Gasteiger partial charge >= 0.3 is 0 Å². The van der Waals surface area contributed by atoms with Gasteiger partial charge in [-0.1, -0.05) is 0 Å². The fourth-order valence-corrected chi connectivity index (χ4v) is 5.90. The number of nitrogens with one attached hydrogen (secondary N) is 2. The predicted octanol–water partition coefficient (Wildman–Crippen LogP) is 2.32. The lowest BCUT2D eigenvalue weighted by Crippen LogP contribution is -2.54. The largest absolute Gasteiger partial charge is 0.355 e. The Hall–Kier alpha value is -0.570. The molecule has 0 spiro atoms. The van der Waals surface area contributed by atoms with E-state index >= 15 is 0 Å². The highest BCUT2D eigenvalue weighted by Crippen LogP contribution is 2.60. The average Bonchev–Trinajstić information content (AvgIpc) is 2.44. The van der Waals surface area contributed by atoms with Gasteiger partial charge in [0, 0.05) is 12.0 Å². The van der Waals surface area contributed by atoms with Crippen molar-refractivity contribution in [1.29, 1.82) is 0 Å². The van der Waals surface area contributed by atoms with Crippen molar-refractivity contribution in [2.24, 2.45) is 29.1 Å². The summed E-state index contributed by atoms with van der Waals surface area (Å²) in [6, 6.07) is 0. The van der Waals surface area contributed by atoms with Gasteiger partial charge in [0.25, 0.3) is 0 Å². The van der Waals surface area contributed by atoms with Gasteiger partial charge in [0.05, 0.1) is 0 Å². The first-order valence-electron chi connectivity index (χ1n) is 8.72. The summed E-state index contributed by atoms with van der Waals surface area (Å²) in [7, 11) is 0. The topological polar surface area (TPSA) is 41.1 Å². The van der Waals surface area contributed by atoms with E-state index in [0.29, 0.717) is 11.8 Å². The van der Waals surface area contributed by atoms with Gasteiger partial charge in [-0.25, -0.2) is 0 Å². The van der Waals surface area contributed by atoms with E-state index in [9.17, 15) is 4.79 Å². The third-order valence-electron chi connectivity index (χ3n) is 6.53. The lowest BCUT2D eigenvalue weighted by molar-refractivity contribution is -0.146. The van der Waals surface area contributed by atoms with Crippen molar-refractivity contribution in [1.82, 2.24) is 10.6 Å². The number of hydrogen-bond donors (Lipinski definition) is 2. The molecular weight excluding hydrogens is 248 g/mol. The molecule has 0 atom stereocenters. The zero-order valence-corrected chi connectivity index (χ0v) is 12.5. The van der Waals surface area contributed by atoms with Crippen LogP contribution >= 0.6 is 0 Å². The summed E-state index contributed by atoms with van der Waals surface area (Å²) in [6.45, 7) is 3.16. The molecule has 0 aromatic heterocycles. The van der Waals surface area contributed by atoms with Gasteiger partial charge < -0.3 is 10.6 Å². The lowest BCUT2D eigenvalue weighted by atomic mass is 9.49. The molecule has 0 aromatic carbocycles. The second-order valence-electron chi connectivity index (χ2n) is 8.10. The van der Waals surface area contributed by atoms with E-state index in [1.165, 1.54) is 51.4 Å². The minimum Gasteiger partial charge on any atom is -0.355 e. The summed E-state index contributed by atoms with van der Waals surface area (Å²) in [6.07, 6.45) is 10.3. The van der Waals surface area contributed by atoms with E-state index in [-0.39, 0.29) is 5.41 Å². The Labute approximate surface area is 122 Å². The lowest BCUT2D eigenvalue weighted by Gasteiger charge is -2.55. The molecule has 0 aromatic rings. The molecule has 1 aliphatic heterocycles. The van der Waals surface area contributed by atoms with E-state index in [4.69, 9.17) is 0 Å². The molecule has 0 radical (unpaired) electrons. The van der Waals surface area contributed by atoms with Gasteiger partial charge in [-0.15, -0.1) is 0 Å². The Morgan fingerprint density at radius 3 is 2.10 bits per heavy atom. The smallest absolute Gasteiger partial charge is 0.226 e. The average molecular weight is 276 g/mol. The van der Waals surface area contributed by atoms with Crippen LogP contribution in [-0.4, -0.2) is 25.5 Å². The maximum atomic E-state index is 12.8. The Morgan fingerprint density at radius 2 is 1.55 bits per heavy atom. The fourth-order valence-electron chi connectivity index (χ4n) is 5.90. The van der Waals surface area contributed by atoms with Crippen LogP contribution in [0.25, 0.3) is 0 Å². The van der Waals surface area contributed by atoms with E-state index in [1.54, 1.807) is 0 Å². The first-order valence-corrected chi connectivity index (χ1v) is 8.72. The number of hydrogen-bond acceptors (Lipinski definition) is 2. The molecule has 20 heavy (non-hydrogen) atoms. The maximum absolute atomic E-state index is 12.8. The molecular formula is C17H28N2O. The van der Waals surface area contributed by atoms with Crippen LogP contribution in [0.5, 0.6) is 0 Å². The highest BCUT2D eigenvalue weighted by atomic mass is 16.2. The molecule has 3 heteroatoms. The summed E-state index contributed by atoms with van der Waals surface area (Å²) < 4.78 is 0. The molecule has 4 bridgehead atoms. The molecule has 5 rings (SSSR count). The van der Waals surface area contributed by atoms with Crippen LogP contribution in [0.4, 0.5) is 0 Å². The molecule has 3 nitrogen and oxygen atoms in total. The summed E-state index contributed by atoms with van der Waals surface area (Å²) >= 11 is 0. The molecule has 5 fully saturated rings. The van der Waals surface area contributed by atoms with Crippen molar-refractivity contribution >= 4 is 5.91 Å². The standard InChI is InChI=1S/C17H28N2O/c20-16(19-11-12-1-3-18-4-2-12)17-8-13-5-14(9-17)7-15(6-13)10-17/h12-15,18H,1-11H2,(H,19,20). The second-order valence-corrected chi connectivity index (χ2v) is 8.10. The van der Waals surface area contributed by atoms with Crippen molar-refractivity contribution in [3.05, 3.63) is 0 Å². The van der Waals surface area contributed by atoms with Crippen molar-refractivity contribution < 1.29 is 4.79 Å². The van der Waals surface area contributed by atoms with Crippen molar-refractivity contribution in [2.45, 2.75) is 51.4 Å². The molecule has 5 aliphatic rings. The van der Waals surface area contributed by atoms with E-state index in [2.05, 4.69) is 10.6 Å². The monoisotopic (exact) mass is 276 g/mol. The van der Waals surface area contributed by atoms with Crippen LogP contribution in [0.15, 0.2) is 0 Å². The molecule has 2 N–H and O–H groups in total. The molecule has 1 heterocycles. The van der Waals surface area contributed by atoms with Gasteiger partial charge in [0.2, 0.25) is 5.91 Å². The SMILES string of the molecule is O=C(NCC1CCNCC1)C12CC3CC(CC(C3)C1)C2. The Morgan fingerprint density at radius 1 is 1.00 bits per heavy atom. The highest BCUT2D eigenvalue weighted by molar-refractivity contribution is 5.83. The first kappa shape index (κ1) is 13.1. The molecule has 4 aliphatic carbocycles. The summed E-state index contributed by atoms with van der Waals surface area (Å²) in [5.74, 6) is 3.71. The van der Waals surface area contributed by atoms with Crippen molar-refractivity contribution in [2.75, 3.05) is 19.6 Å². The number of rotatable bonds is 3. The Balaban J connectivity index is 1.38. The quantitative estimate of drug-likeness (QED) is 0.830. The van der Waals surface area contributed by atoms with Gasteiger partial charge in [0.15, 0.2) is 0 Å². The normalized spacial score (nSPS) is 43.7. The van der Waals surface area contributed by atoms with Crippen molar-refractivity contribution in [3.8, 4) is 0 Å². The van der Waals surface area contributed by atoms with Gasteiger partial charge in [-0.05, 0) is 88.1 Å². The first-order chi connectivity index (χ1) is 9.73. The zero-order valence-electron chi connectivity index (χ0n) is 12.5. The van der Waals surface area contributed by atoms with Crippen LogP contribution in [0, 0.1) is 29.1 Å². The maximum Gasteiger partial charge on any atom is 0.226 e. The number of amides is 1. The van der Waals surface area contributed by atoms with Gasteiger partial charge in [-0.2, -0.15) is 0 Å². The van der Waals surface area contributed by atoms with Crippen LogP contribution < -0.4 is 10.6 Å². The third-order valence-corrected chi connectivity index (χ3v) is 6.53. The molecule has 1 amide bonds. The van der Waals surface area contributed by atoms with Gasteiger partial charge in [0.1, 0.15) is 0 Å². The number of carbonyl (C=O) groups is 1. The van der Waals surface area contributed by atoms with Crippen LogP contribution in [0.3, 0.4) is 0 Å². The number of piperidine rings is 1. The van der Waals surface area contributed by atoms with Crippen LogP contribution in [-0.2, 0) is 4.79 Å². The Kier molecular flexibility index (Phi) is 3.29. The minimum atomic E-state index is 0.0433. The van der Waals surface area contributed by atoms with Gasteiger partial charge in [-0.3, -0.25) is 4.79 Å². The zero-order chi connectivity index (χ0) is 13.6. The Bertz CT molecular complexity index is 351. The summed E-state index contributed by atoms with van der Waals surface area (Å²) in [5.41, 5.74) is 0.0433. The fraction of sp³-hybridized carbons (Fsp3) is 0.941. The summed E-state index contributed by atoms with van der Waals surface area (Å²) in [5, 5.41) is 6.74. The van der Waals surface area contributed by atoms with Crippen LogP contribution in [0.2, 0.25) is 0 Å². The second kappa shape index (κ2) is 5.01. The molecule has 1 saturated heterocycles. The molecule has 0 unspecified atom stereocenters. The molecule has 4 saturated carbocycles. The van der Waals surface area contributed by atoms with E-state index < -0.39 is 0 Å². The van der Waals surface area contributed by atoms with Crippen LogP contribution in [0.1, 0.15) is 51.4 Å². The summed E-state index contributed by atoms with van der Waals surface area (Å²) in [4.78, 5) is 12.8. The van der Waals surface area contributed by atoms with E-state index in [0.717, 1.165) is 37.4 Å². The molecule has 112 valence electrons. The number of carbonyl (C=O) groups excluding carboxylic acids is 1. The highest BCUT2D eigenvalue weighted by Gasteiger charge is 2.54. The van der Waals surface area contributed by atoms with Crippen molar-refractivity contribution in [3.63, 3.8) is 0 Å².